The van der Waals surface area contributed by atoms with E-state index in [1.54, 1.807) is 0 Å². The molecule has 0 aliphatic carbocycles. The second-order valence-corrected chi connectivity index (χ2v) is 4.46. The number of rotatable bonds is 7. The van der Waals surface area contributed by atoms with Gasteiger partial charge in [-0.3, -0.25) is 0 Å². The summed E-state index contributed by atoms with van der Waals surface area (Å²) in [6.45, 7) is 5.74. The van der Waals surface area contributed by atoms with E-state index < -0.39 is 5.60 Å². The monoisotopic (exact) mass is 198 g/mol. The molecule has 0 unspecified atom stereocenters. The van der Waals surface area contributed by atoms with Crippen LogP contribution in [0.4, 0.5) is 0 Å². The molecule has 0 bridgehead atoms. The molecule has 0 rings (SSSR count). The maximum atomic E-state index is 10.1. The molecule has 82 valence electrons. The zero-order valence-electron chi connectivity index (χ0n) is 9.55. The highest BCUT2D eigenvalue weighted by Gasteiger charge is 2.10. The lowest BCUT2D eigenvalue weighted by molar-refractivity contribution is -0.107. The summed E-state index contributed by atoms with van der Waals surface area (Å²) < 4.78 is 0. The average Bonchev–Trinajstić information content (AvgIpc) is 2.02. The van der Waals surface area contributed by atoms with Gasteiger partial charge in [-0.25, -0.2) is 0 Å². The Morgan fingerprint density at radius 2 is 2.00 bits per heavy atom. The maximum Gasteiger partial charge on any atom is 0.120 e. The fraction of sp³-hybridized carbons (Fsp3) is 0.750. The molecule has 0 aromatic heterocycles. The van der Waals surface area contributed by atoms with Crippen LogP contribution in [-0.2, 0) is 4.79 Å². The Morgan fingerprint density at radius 1 is 1.36 bits per heavy atom. The molecular weight excluding hydrogens is 176 g/mol. The van der Waals surface area contributed by atoms with Gasteiger partial charge in [-0.05, 0) is 46.5 Å². The predicted molar refractivity (Wildman–Crippen MR) is 59.2 cm³/mol. The van der Waals surface area contributed by atoms with E-state index in [2.05, 4.69) is 13.0 Å². The van der Waals surface area contributed by atoms with E-state index in [9.17, 15) is 9.90 Å². The molecular formula is C12H22O2. The highest BCUT2D eigenvalue weighted by molar-refractivity contribution is 5.49. The Hall–Kier alpha value is -0.630. The van der Waals surface area contributed by atoms with Crippen molar-refractivity contribution in [1.82, 2.24) is 0 Å². The van der Waals surface area contributed by atoms with Crippen LogP contribution in [0.2, 0.25) is 0 Å². The fourth-order valence-corrected chi connectivity index (χ4v) is 1.30. The lowest BCUT2D eigenvalue weighted by Crippen LogP contribution is -2.17. The number of aldehydes is 1. The molecule has 14 heavy (non-hydrogen) atoms. The van der Waals surface area contributed by atoms with Crippen molar-refractivity contribution in [3.8, 4) is 0 Å². The summed E-state index contributed by atoms with van der Waals surface area (Å²) in [5, 5.41) is 9.48. The minimum Gasteiger partial charge on any atom is -0.390 e. The molecule has 0 fully saturated rings. The van der Waals surface area contributed by atoms with E-state index in [1.807, 2.05) is 13.8 Å². The standard InChI is InChI=1S/C12H22O2/c1-11(7-4-5-10-13)8-6-9-12(2,3)14/h7,10,14H,4-6,8-9H2,1-3H3. The molecule has 0 amide bonds. The molecule has 0 radical (unpaired) electrons. The van der Waals surface area contributed by atoms with Crippen LogP contribution < -0.4 is 0 Å². The van der Waals surface area contributed by atoms with Gasteiger partial charge in [0.1, 0.15) is 6.29 Å². The summed E-state index contributed by atoms with van der Waals surface area (Å²) in [5.41, 5.74) is 0.763. The number of aliphatic hydroxyl groups is 1. The number of carbonyl (C=O) groups excluding carboxylic acids is 1. The van der Waals surface area contributed by atoms with Crippen LogP contribution in [0, 0.1) is 0 Å². The van der Waals surface area contributed by atoms with Crippen molar-refractivity contribution in [2.45, 2.75) is 58.5 Å². The zero-order chi connectivity index (χ0) is 11.0. The average molecular weight is 198 g/mol. The van der Waals surface area contributed by atoms with E-state index in [0.717, 1.165) is 32.0 Å². The molecule has 2 nitrogen and oxygen atoms in total. The molecule has 0 saturated heterocycles. The van der Waals surface area contributed by atoms with Crippen molar-refractivity contribution < 1.29 is 9.90 Å². The van der Waals surface area contributed by atoms with Crippen LogP contribution in [0.3, 0.4) is 0 Å². The number of unbranched alkanes of at least 4 members (excludes halogenated alkanes) is 1. The Morgan fingerprint density at radius 3 is 2.50 bits per heavy atom. The largest absolute Gasteiger partial charge is 0.390 e. The summed E-state index contributed by atoms with van der Waals surface area (Å²) >= 11 is 0. The first-order valence-electron chi connectivity index (χ1n) is 5.27. The van der Waals surface area contributed by atoms with Crippen LogP contribution in [0.1, 0.15) is 52.9 Å². The zero-order valence-corrected chi connectivity index (χ0v) is 9.55. The second-order valence-electron chi connectivity index (χ2n) is 4.46. The maximum absolute atomic E-state index is 10.1. The lowest BCUT2D eigenvalue weighted by Gasteiger charge is -2.16. The molecule has 0 atom stereocenters. The Kier molecular flexibility index (Phi) is 6.46. The highest BCUT2D eigenvalue weighted by Crippen LogP contribution is 2.15. The van der Waals surface area contributed by atoms with Crippen LogP contribution >= 0.6 is 0 Å². The molecule has 1 N–H and O–H groups in total. The third-order valence-electron chi connectivity index (χ3n) is 2.14. The number of hydrogen-bond donors (Lipinski definition) is 1. The van der Waals surface area contributed by atoms with Gasteiger partial charge in [-0.15, -0.1) is 0 Å². The number of carbonyl (C=O) groups is 1. The Bertz CT molecular complexity index is 187. The molecule has 0 aromatic rings. The normalized spacial score (nSPS) is 13.0. The van der Waals surface area contributed by atoms with Crippen molar-refractivity contribution in [1.29, 1.82) is 0 Å². The molecule has 0 spiro atoms. The van der Waals surface area contributed by atoms with Gasteiger partial charge in [0.25, 0.3) is 0 Å². The van der Waals surface area contributed by atoms with Crippen LogP contribution in [0.15, 0.2) is 11.6 Å². The highest BCUT2D eigenvalue weighted by atomic mass is 16.3. The van der Waals surface area contributed by atoms with Crippen LogP contribution in [-0.4, -0.2) is 17.0 Å². The van der Waals surface area contributed by atoms with E-state index in [4.69, 9.17) is 0 Å². The Labute approximate surface area is 87.0 Å². The first kappa shape index (κ1) is 13.4. The van der Waals surface area contributed by atoms with Crippen LogP contribution in [0.25, 0.3) is 0 Å². The number of allylic oxidation sites excluding steroid dienone is 2. The molecule has 0 saturated carbocycles. The summed E-state index contributed by atoms with van der Waals surface area (Å²) in [6.07, 6.45) is 7.36. The topological polar surface area (TPSA) is 37.3 Å². The molecule has 0 aliphatic heterocycles. The smallest absolute Gasteiger partial charge is 0.120 e. The van der Waals surface area contributed by atoms with E-state index >= 15 is 0 Å². The van der Waals surface area contributed by atoms with Gasteiger partial charge >= 0.3 is 0 Å². The van der Waals surface area contributed by atoms with Gasteiger partial charge < -0.3 is 9.90 Å². The van der Waals surface area contributed by atoms with E-state index in [1.165, 1.54) is 5.57 Å². The van der Waals surface area contributed by atoms with Crippen molar-refractivity contribution in [3.05, 3.63) is 11.6 Å². The molecule has 0 aromatic carbocycles. The summed E-state index contributed by atoms with van der Waals surface area (Å²) in [7, 11) is 0. The van der Waals surface area contributed by atoms with Crippen molar-refractivity contribution in [2.24, 2.45) is 0 Å². The van der Waals surface area contributed by atoms with Gasteiger partial charge in [0.15, 0.2) is 0 Å². The van der Waals surface area contributed by atoms with Gasteiger partial charge in [-0.2, -0.15) is 0 Å². The summed E-state index contributed by atoms with van der Waals surface area (Å²) in [5.74, 6) is 0. The first-order valence-corrected chi connectivity index (χ1v) is 5.27. The number of hydrogen-bond acceptors (Lipinski definition) is 2. The first-order chi connectivity index (χ1) is 6.45. The third kappa shape index (κ3) is 9.46. The fourth-order valence-electron chi connectivity index (χ4n) is 1.30. The third-order valence-corrected chi connectivity index (χ3v) is 2.14. The summed E-state index contributed by atoms with van der Waals surface area (Å²) in [6, 6.07) is 0. The van der Waals surface area contributed by atoms with Gasteiger partial charge in [-0.1, -0.05) is 11.6 Å². The van der Waals surface area contributed by atoms with E-state index in [-0.39, 0.29) is 0 Å². The van der Waals surface area contributed by atoms with Gasteiger partial charge in [0.05, 0.1) is 5.60 Å². The quantitative estimate of drug-likeness (QED) is 0.388. The summed E-state index contributed by atoms with van der Waals surface area (Å²) in [4.78, 5) is 10.1. The van der Waals surface area contributed by atoms with Crippen molar-refractivity contribution >= 4 is 6.29 Å². The van der Waals surface area contributed by atoms with Crippen molar-refractivity contribution in [2.75, 3.05) is 0 Å². The predicted octanol–water partition coefficient (Wildman–Crippen LogP) is 2.85. The molecule has 0 heterocycles. The Balaban J connectivity index is 3.57. The van der Waals surface area contributed by atoms with Gasteiger partial charge in [0.2, 0.25) is 0 Å². The SMILES string of the molecule is CC(=CCCC=O)CCCC(C)(C)O. The molecule has 2 heteroatoms. The minimum absolute atomic E-state index is 0.553. The van der Waals surface area contributed by atoms with Gasteiger partial charge in [0, 0.05) is 6.42 Å². The van der Waals surface area contributed by atoms with Crippen molar-refractivity contribution in [3.63, 3.8) is 0 Å². The van der Waals surface area contributed by atoms with Crippen LogP contribution in [0.5, 0.6) is 0 Å². The minimum atomic E-state index is -0.553. The lowest BCUT2D eigenvalue weighted by atomic mass is 9.99. The second kappa shape index (κ2) is 6.77. The van der Waals surface area contributed by atoms with E-state index in [0.29, 0.717) is 6.42 Å². The molecule has 0 aliphatic rings.